The number of benzene rings is 1. The van der Waals surface area contributed by atoms with Gasteiger partial charge < -0.3 is 9.47 Å². The molecule has 21 heavy (non-hydrogen) atoms. The molecule has 0 spiro atoms. The van der Waals surface area contributed by atoms with Gasteiger partial charge in [0, 0.05) is 36.7 Å². The van der Waals surface area contributed by atoms with Gasteiger partial charge in [0.1, 0.15) is 4.66 Å². The van der Waals surface area contributed by atoms with Crippen molar-refractivity contribution >= 4 is 36.9 Å². The van der Waals surface area contributed by atoms with Crippen molar-refractivity contribution in [2.45, 2.75) is 6.04 Å². The fourth-order valence-electron chi connectivity index (χ4n) is 2.45. The van der Waals surface area contributed by atoms with Gasteiger partial charge in [-0.25, -0.2) is 13.1 Å². The molecule has 2 aromatic rings. The number of para-hydroxylation sites is 1. The molecular formula is C14H20BrN3O2S. The van der Waals surface area contributed by atoms with E-state index >= 15 is 0 Å². The van der Waals surface area contributed by atoms with E-state index in [1.54, 1.807) is 0 Å². The van der Waals surface area contributed by atoms with Gasteiger partial charge in [0.15, 0.2) is 0 Å². The van der Waals surface area contributed by atoms with Crippen molar-refractivity contribution in [2.24, 2.45) is 7.05 Å². The molecule has 0 saturated heterocycles. The quantitative estimate of drug-likeness (QED) is 0.788. The number of likely N-dealkylation sites (N-methyl/N-ethyl adjacent to an activating group) is 1. The van der Waals surface area contributed by atoms with Gasteiger partial charge in [0.25, 0.3) is 0 Å². The molecular weight excluding hydrogens is 354 g/mol. The van der Waals surface area contributed by atoms with Gasteiger partial charge in [0.05, 0.1) is 0 Å². The van der Waals surface area contributed by atoms with Crippen LogP contribution < -0.4 is 4.72 Å². The lowest BCUT2D eigenvalue weighted by molar-refractivity contribution is 0.301. The van der Waals surface area contributed by atoms with Crippen LogP contribution in [0, 0.1) is 0 Å². The molecule has 7 heteroatoms. The second-order valence-electron chi connectivity index (χ2n) is 5.26. The van der Waals surface area contributed by atoms with E-state index in [9.17, 15) is 8.42 Å². The summed E-state index contributed by atoms with van der Waals surface area (Å²) in [6, 6.07) is 8.12. The van der Waals surface area contributed by atoms with Gasteiger partial charge in [-0.3, -0.25) is 0 Å². The molecule has 1 heterocycles. The number of halogens is 1. The average Bonchev–Trinajstić information content (AvgIpc) is 2.77. The summed E-state index contributed by atoms with van der Waals surface area (Å²) in [5.41, 5.74) is 2.26. The molecule has 0 saturated carbocycles. The highest BCUT2D eigenvalue weighted by atomic mass is 79.9. The summed E-state index contributed by atoms with van der Waals surface area (Å²) in [6.45, 7) is 0.342. The fraction of sp³-hybridized carbons (Fsp3) is 0.429. The van der Waals surface area contributed by atoms with E-state index in [1.807, 2.05) is 38.2 Å². The summed E-state index contributed by atoms with van der Waals surface area (Å²) < 4.78 is 27.9. The molecule has 1 unspecified atom stereocenters. The Balaban J connectivity index is 2.37. The first-order chi connectivity index (χ1) is 9.85. The van der Waals surface area contributed by atoms with Crippen molar-refractivity contribution in [3.63, 3.8) is 0 Å². The number of aryl methyl sites for hydroxylation is 1. The summed E-state index contributed by atoms with van der Waals surface area (Å²) in [7, 11) is 2.64. The third-order valence-corrected chi connectivity index (χ3v) is 6.25. The minimum Gasteiger partial charge on any atom is -0.350 e. The molecule has 0 fully saturated rings. The summed E-state index contributed by atoms with van der Waals surface area (Å²) in [5.74, 6) is 0. The van der Waals surface area contributed by atoms with E-state index < -0.39 is 10.0 Å². The molecule has 2 rings (SSSR count). The van der Waals surface area contributed by atoms with Gasteiger partial charge >= 0.3 is 0 Å². The first kappa shape index (κ1) is 16.5. The third kappa shape index (κ3) is 3.66. The molecule has 0 aliphatic rings. The molecule has 1 aromatic carbocycles. The van der Waals surface area contributed by atoms with Crippen LogP contribution >= 0.6 is 15.9 Å². The summed E-state index contributed by atoms with van der Waals surface area (Å²) in [5, 5.41) is 1.15. The SMILES string of the molecule is CN(C)C(CNS(=O)(=O)CBr)c1cn(C)c2ccccc12. The summed E-state index contributed by atoms with van der Waals surface area (Å²) >= 11 is 2.99. The van der Waals surface area contributed by atoms with Crippen LogP contribution in [0.1, 0.15) is 11.6 Å². The minimum atomic E-state index is -3.27. The Morgan fingerprint density at radius 2 is 2.00 bits per heavy atom. The van der Waals surface area contributed by atoms with Gasteiger partial charge in [-0.1, -0.05) is 34.1 Å². The van der Waals surface area contributed by atoms with Crippen LogP contribution in [0.4, 0.5) is 0 Å². The maximum Gasteiger partial charge on any atom is 0.221 e. The largest absolute Gasteiger partial charge is 0.350 e. The first-order valence-corrected chi connectivity index (χ1v) is 9.37. The summed E-state index contributed by atoms with van der Waals surface area (Å²) in [6.07, 6.45) is 2.07. The smallest absolute Gasteiger partial charge is 0.221 e. The molecule has 0 bridgehead atoms. The van der Waals surface area contributed by atoms with Crippen molar-refractivity contribution in [1.82, 2.24) is 14.2 Å². The van der Waals surface area contributed by atoms with Crippen molar-refractivity contribution in [3.05, 3.63) is 36.0 Å². The van der Waals surface area contributed by atoms with E-state index in [0.717, 1.165) is 16.5 Å². The Bertz CT molecular complexity index is 725. The van der Waals surface area contributed by atoms with Crippen molar-refractivity contribution in [2.75, 3.05) is 25.3 Å². The van der Waals surface area contributed by atoms with Crippen LogP contribution in [-0.4, -0.2) is 43.2 Å². The molecule has 1 aromatic heterocycles. The van der Waals surface area contributed by atoms with Crippen LogP contribution in [-0.2, 0) is 17.1 Å². The highest BCUT2D eigenvalue weighted by Gasteiger charge is 2.21. The predicted octanol–water partition coefficient (Wildman–Crippen LogP) is 2.05. The molecule has 1 atom stereocenters. The number of alkyl halides is 1. The van der Waals surface area contributed by atoms with Crippen LogP contribution in [0.25, 0.3) is 10.9 Å². The van der Waals surface area contributed by atoms with Crippen molar-refractivity contribution < 1.29 is 8.42 Å². The fourth-order valence-corrected chi connectivity index (χ4v) is 3.43. The minimum absolute atomic E-state index is 0.0232. The number of rotatable bonds is 6. The number of aromatic nitrogens is 1. The Labute approximate surface area is 134 Å². The maximum absolute atomic E-state index is 11.6. The highest BCUT2D eigenvalue weighted by molar-refractivity contribution is 9.10. The Hall–Kier alpha value is -0.890. The molecule has 0 aliphatic carbocycles. The zero-order valence-electron chi connectivity index (χ0n) is 12.4. The molecule has 5 nitrogen and oxygen atoms in total. The monoisotopic (exact) mass is 373 g/mol. The predicted molar refractivity (Wildman–Crippen MR) is 90.1 cm³/mol. The standard InChI is InChI=1S/C14H20BrN3O2S/c1-17(2)14(8-16-21(19,20)10-15)12-9-18(3)13-7-5-4-6-11(12)13/h4-7,9,14,16H,8,10H2,1-3H3. The Morgan fingerprint density at radius 1 is 1.33 bits per heavy atom. The van der Waals surface area contributed by atoms with Crippen LogP contribution in [0.5, 0.6) is 0 Å². The number of hydrogen-bond acceptors (Lipinski definition) is 3. The molecule has 0 amide bonds. The summed E-state index contributed by atoms with van der Waals surface area (Å²) in [4.78, 5) is 2.03. The van der Waals surface area contributed by atoms with Crippen LogP contribution in [0.3, 0.4) is 0 Å². The lowest BCUT2D eigenvalue weighted by Gasteiger charge is -2.24. The first-order valence-electron chi connectivity index (χ1n) is 6.59. The zero-order valence-corrected chi connectivity index (χ0v) is 14.8. The highest BCUT2D eigenvalue weighted by Crippen LogP contribution is 2.28. The van der Waals surface area contributed by atoms with Crippen molar-refractivity contribution in [3.8, 4) is 0 Å². The van der Waals surface area contributed by atoms with E-state index in [2.05, 4.69) is 43.5 Å². The number of nitrogens with zero attached hydrogens (tertiary/aromatic N) is 2. The van der Waals surface area contributed by atoms with E-state index in [1.165, 1.54) is 0 Å². The van der Waals surface area contributed by atoms with E-state index in [0.29, 0.717) is 6.54 Å². The Morgan fingerprint density at radius 3 is 2.62 bits per heavy atom. The lowest BCUT2D eigenvalue weighted by atomic mass is 10.1. The number of hydrogen-bond donors (Lipinski definition) is 1. The lowest BCUT2D eigenvalue weighted by Crippen LogP contribution is -2.34. The van der Waals surface area contributed by atoms with E-state index in [4.69, 9.17) is 0 Å². The van der Waals surface area contributed by atoms with Crippen LogP contribution in [0.15, 0.2) is 30.5 Å². The van der Waals surface area contributed by atoms with Crippen LogP contribution in [0.2, 0.25) is 0 Å². The second-order valence-corrected chi connectivity index (χ2v) is 8.37. The molecule has 0 radical (unpaired) electrons. The molecule has 116 valence electrons. The number of nitrogens with one attached hydrogen (secondary N) is 1. The van der Waals surface area contributed by atoms with Crippen molar-refractivity contribution in [1.29, 1.82) is 0 Å². The van der Waals surface area contributed by atoms with Gasteiger partial charge in [-0.15, -0.1) is 0 Å². The van der Waals surface area contributed by atoms with Gasteiger partial charge in [-0.05, 0) is 25.7 Å². The average molecular weight is 374 g/mol. The van der Waals surface area contributed by atoms with Gasteiger partial charge in [-0.2, -0.15) is 0 Å². The number of fused-ring (bicyclic) bond motifs is 1. The maximum atomic E-state index is 11.6. The second kappa shape index (κ2) is 6.48. The van der Waals surface area contributed by atoms with E-state index in [-0.39, 0.29) is 10.7 Å². The normalized spacial score (nSPS) is 14.0. The topological polar surface area (TPSA) is 54.3 Å². The Kier molecular flexibility index (Phi) is 5.08. The zero-order chi connectivity index (χ0) is 15.6. The third-order valence-electron chi connectivity index (χ3n) is 3.55. The number of sulfonamides is 1. The van der Waals surface area contributed by atoms with Gasteiger partial charge in [0.2, 0.25) is 10.0 Å². The molecule has 0 aliphatic heterocycles. The molecule has 1 N–H and O–H groups in total.